The zero-order valence-electron chi connectivity index (χ0n) is 29.0. The number of aryl methyl sites for hydroxylation is 4. The minimum Gasteiger partial charge on any atom is -0.344 e. The lowest BCUT2D eigenvalue weighted by molar-refractivity contribution is 0.734. The molecule has 1 atom stereocenters. The second kappa shape index (κ2) is 13.1. The SMILES string of the molecule is CCc1cc2c(cc1N(c1ccccc1)c1ccccc1C)c1cc(C(C)CC)c(N(c3ccccc3)c3ccccc3C)cc1n2C. The molecule has 48 heavy (non-hydrogen) atoms. The Morgan fingerprint density at radius 3 is 1.54 bits per heavy atom. The predicted octanol–water partition coefficient (Wildman–Crippen LogP) is 13.0. The molecule has 0 N–H and O–H groups in total. The van der Waals surface area contributed by atoms with E-state index >= 15 is 0 Å². The summed E-state index contributed by atoms with van der Waals surface area (Å²) < 4.78 is 2.40. The fraction of sp³-hybridized carbons (Fsp3) is 0.200. The van der Waals surface area contributed by atoms with Crippen molar-refractivity contribution in [2.75, 3.05) is 9.80 Å². The fourth-order valence-electron chi connectivity index (χ4n) is 7.23. The average molecular weight is 628 g/mol. The summed E-state index contributed by atoms with van der Waals surface area (Å²) >= 11 is 0. The quantitative estimate of drug-likeness (QED) is 0.158. The first kappa shape index (κ1) is 31.3. The molecule has 0 saturated heterocycles. The number of para-hydroxylation sites is 4. The largest absolute Gasteiger partial charge is 0.344 e. The molecular formula is C45H45N3. The number of hydrogen-bond acceptors (Lipinski definition) is 2. The number of nitrogens with zero attached hydrogens (tertiary/aromatic N) is 3. The molecular weight excluding hydrogens is 583 g/mol. The van der Waals surface area contributed by atoms with Gasteiger partial charge < -0.3 is 14.4 Å². The summed E-state index contributed by atoms with van der Waals surface area (Å²) in [5, 5.41) is 2.58. The van der Waals surface area contributed by atoms with Gasteiger partial charge in [0.2, 0.25) is 0 Å². The Hall–Kier alpha value is -5.28. The lowest BCUT2D eigenvalue weighted by Gasteiger charge is -2.30. The zero-order chi connectivity index (χ0) is 33.4. The van der Waals surface area contributed by atoms with Crippen LogP contribution >= 0.6 is 0 Å². The van der Waals surface area contributed by atoms with Gasteiger partial charge in [0, 0.05) is 46.1 Å². The number of benzene rings is 6. The molecule has 7 rings (SSSR count). The van der Waals surface area contributed by atoms with Crippen LogP contribution in [0.2, 0.25) is 0 Å². The molecule has 0 aliphatic carbocycles. The Balaban J connectivity index is 1.53. The lowest BCUT2D eigenvalue weighted by atomic mass is 9.93. The summed E-state index contributed by atoms with van der Waals surface area (Å²) in [4.78, 5) is 4.91. The first-order valence-electron chi connectivity index (χ1n) is 17.3. The molecule has 1 heterocycles. The smallest absolute Gasteiger partial charge is 0.0517 e. The zero-order valence-corrected chi connectivity index (χ0v) is 29.0. The van der Waals surface area contributed by atoms with E-state index in [0.29, 0.717) is 5.92 Å². The monoisotopic (exact) mass is 627 g/mol. The topological polar surface area (TPSA) is 11.4 Å². The second-order valence-corrected chi connectivity index (χ2v) is 13.1. The molecule has 3 nitrogen and oxygen atoms in total. The maximum atomic E-state index is 2.49. The minimum atomic E-state index is 0.372. The summed E-state index contributed by atoms with van der Waals surface area (Å²) in [6.07, 6.45) is 1.99. The summed E-state index contributed by atoms with van der Waals surface area (Å²) in [5.41, 5.74) is 14.9. The van der Waals surface area contributed by atoms with Crippen LogP contribution in [0.5, 0.6) is 0 Å². The number of aromatic nitrogens is 1. The van der Waals surface area contributed by atoms with Crippen LogP contribution in [-0.2, 0) is 13.5 Å². The third-order valence-corrected chi connectivity index (χ3v) is 10.1. The van der Waals surface area contributed by atoms with E-state index in [4.69, 9.17) is 0 Å². The molecule has 6 aromatic carbocycles. The van der Waals surface area contributed by atoms with E-state index in [2.05, 4.69) is 189 Å². The van der Waals surface area contributed by atoms with Crippen LogP contribution in [0.1, 0.15) is 55.4 Å². The summed E-state index contributed by atoms with van der Waals surface area (Å²) in [6.45, 7) is 11.4. The molecule has 0 spiro atoms. The van der Waals surface area contributed by atoms with Crippen molar-refractivity contribution in [1.82, 2.24) is 4.57 Å². The Kier molecular flexibility index (Phi) is 8.54. The van der Waals surface area contributed by atoms with Crippen molar-refractivity contribution in [2.24, 2.45) is 7.05 Å². The van der Waals surface area contributed by atoms with Crippen molar-refractivity contribution >= 4 is 55.9 Å². The van der Waals surface area contributed by atoms with Crippen LogP contribution in [0, 0.1) is 13.8 Å². The molecule has 240 valence electrons. The lowest BCUT2D eigenvalue weighted by Crippen LogP contribution is -2.14. The van der Waals surface area contributed by atoms with Crippen LogP contribution < -0.4 is 9.80 Å². The Morgan fingerprint density at radius 1 is 0.542 bits per heavy atom. The van der Waals surface area contributed by atoms with Crippen LogP contribution in [-0.4, -0.2) is 4.57 Å². The maximum absolute atomic E-state index is 2.49. The molecule has 0 aliphatic heterocycles. The molecule has 7 aromatic rings. The van der Waals surface area contributed by atoms with Gasteiger partial charge in [0.05, 0.1) is 16.9 Å². The van der Waals surface area contributed by atoms with E-state index < -0.39 is 0 Å². The summed E-state index contributed by atoms with van der Waals surface area (Å²) in [6, 6.07) is 48.9. The van der Waals surface area contributed by atoms with Gasteiger partial charge in [-0.1, -0.05) is 93.6 Å². The first-order chi connectivity index (χ1) is 23.4. The highest BCUT2D eigenvalue weighted by Gasteiger charge is 2.24. The average Bonchev–Trinajstić information content (AvgIpc) is 3.39. The predicted molar refractivity (Wildman–Crippen MR) is 207 cm³/mol. The van der Waals surface area contributed by atoms with Crippen LogP contribution in [0.4, 0.5) is 34.1 Å². The highest BCUT2D eigenvalue weighted by atomic mass is 15.2. The van der Waals surface area contributed by atoms with Crippen molar-refractivity contribution in [1.29, 1.82) is 0 Å². The summed E-state index contributed by atoms with van der Waals surface area (Å²) in [5.74, 6) is 0.372. The standard InChI is InChI=1S/C45H45N3/c1-7-31(3)37-28-38-39-29-42(47(35-21-11-9-12-22-35)40-25-17-15-19-32(40)4)34(8-2)27-43(39)46(6)44(38)30-45(37)48(36-23-13-10-14-24-36)41-26-18-16-20-33(41)5/h9-31H,7-8H2,1-6H3. The molecule has 0 amide bonds. The molecule has 1 unspecified atom stereocenters. The molecule has 0 saturated carbocycles. The number of fused-ring (bicyclic) bond motifs is 3. The maximum Gasteiger partial charge on any atom is 0.0517 e. The van der Waals surface area contributed by atoms with E-state index in [1.54, 1.807) is 0 Å². The van der Waals surface area contributed by atoms with Gasteiger partial charge in [0.15, 0.2) is 0 Å². The van der Waals surface area contributed by atoms with Gasteiger partial charge in [-0.2, -0.15) is 0 Å². The molecule has 0 radical (unpaired) electrons. The van der Waals surface area contributed by atoms with Crippen molar-refractivity contribution in [3.05, 3.63) is 156 Å². The van der Waals surface area contributed by atoms with E-state index in [0.717, 1.165) is 12.8 Å². The van der Waals surface area contributed by atoms with Crippen LogP contribution in [0.25, 0.3) is 21.8 Å². The van der Waals surface area contributed by atoms with Gasteiger partial charge in [-0.05, 0) is 116 Å². The first-order valence-corrected chi connectivity index (χ1v) is 17.3. The number of rotatable bonds is 9. The molecule has 0 aliphatic rings. The van der Waals surface area contributed by atoms with Gasteiger partial charge in [0.1, 0.15) is 0 Å². The number of hydrogen-bond donors (Lipinski definition) is 0. The Bertz CT molecular complexity index is 2210. The third kappa shape index (κ3) is 5.44. The van der Waals surface area contributed by atoms with Gasteiger partial charge in [-0.15, -0.1) is 0 Å². The number of anilines is 6. The minimum absolute atomic E-state index is 0.372. The van der Waals surface area contributed by atoms with E-state index in [1.165, 1.54) is 78.2 Å². The second-order valence-electron chi connectivity index (χ2n) is 13.1. The molecule has 0 fully saturated rings. The van der Waals surface area contributed by atoms with Crippen molar-refractivity contribution < 1.29 is 0 Å². The molecule has 1 aromatic heterocycles. The van der Waals surface area contributed by atoms with Gasteiger partial charge in [-0.3, -0.25) is 0 Å². The highest BCUT2D eigenvalue weighted by Crippen LogP contribution is 2.46. The molecule has 0 bridgehead atoms. The van der Waals surface area contributed by atoms with Crippen molar-refractivity contribution in [3.63, 3.8) is 0 Å². The Labute approximate surface area is 285 Å². The third-order valence-electron chi connectivity index (χ3n) is 10.1. The summed E-state index contributed by atoms with van der Waals surface area (Å²) in [7, 11) is 2.23. The van der Waals surface area contributed by atoms with Crippen LogP contribution in [0.15, 0.2) is 133 Å². The Morgan fingerprint density at radius 2 is 1.02 bits per heavy atom. The van der Waals surface area contributed by atoms with Crippen molar-refractivity contribution in [2.45, 2.75) is 53.4 Å². The van der Waals surface area contributed by atoms with Gasteiger partial charge >= 0.3 is 0 Å². The van der Waals surface area contributed by atoms with Gasteiger partial charge in [-0.25, -0.2) is 0 Å². The van der Waals surface area contributed by atoms with Crippen LogP contribution in [0.3, 0.4) is 0 Å². The van der Waals surface area contributed by atoms with Crippen molar-refractivity contribution in [3.8, 4) is 0 Å². The normalized spacial score (nSPS) is 12.0. The molecule has 3 heteroatoms. The van der Waals surface area contributed by atoms with E-state index in [9.17, 15) is 0 Å². The fourth-order valence-corrected chi connectivity index (χ4v) is 7.23. The van der Waals surface area contributed by atoms with E-state index in [1.807, 2.05) is 0 Å². The van der Waals surface area contributed by atoms with E-state index in [-0.39, 0.29) is 0 Å². The highest BCUT2D eigenvalue weighted by molar-refractivity contribution is 6.11. The van der Waals surface area contributed by atoms with Gasteiger partial charge in [0.25, 0.3) is 0 Å².